The standard InChI is InChI=1S/C10H10Te/c1-8-10-5-3-2-4-9(10)6-7-11-8/h2-8H,1H3. The van der Waals surface area contributed by atoms with Crippen molar-refractivity contribution in [2.45, 2.75) is 10.9 Å². The van der Waals surface area contributed by atoms with Gasteiger partial charge in [-0.1, -0.05) is 0 Å². The molecule has 11 heavy (non-hydrogen) atoms. The monoisotopic (exact) mass is 260 g/mol. The Kier molecular flexibility index (Phi) is 2.02. The quantitative estimate of drug-likeness (QED) is 0.627. The molecule has 1 aromatic carbocycles. The third-order valence-corrected chi connectivity index (χ3v) is 4.69. The fourth-order valence-electron chi connectivity index (χ4n) is 1.34. The Bertz CT molecular complexity index is 289. The Morgan fingerprint density at radius 1 is 1.27 bits per heavy atom. The molecule has 1 aliphatic heterocycles. The van der Waals surface area contributed by atoms with Crippen LogP contribution in [0.4, 0.5) is 0 Å². The van der Waals surface area contributed by atoms with E-state index < -0.39 is 0 Å². The first-order valence-electron chi connectivity index (χ1n) is 3.79. The van der Waals surface area contributed by atoms with Gasteiger partial charge in [0.15, 0.2) is 0 Å². The molecule has 0 saturated heterocycles. The molecule has 0 aliphatic carbocycles. The molecule has 1 aliphatic rings. The molecule has 0 saturated carbocycles. The van der Waals surface area contributed by atoms with Gasteiger partial charge in [0.2, 0.25) is 0 Å². The third-order valence-electron chi connectivity index (χ3n) is 1.96. The zero-order valence-corrected chi connectivity index (χ0v) is 8.78. The van der Waals surface area contributed by atoms with Gasteiger partial charge in [-0.3, -0.25) is 0 Å². The second kappa shape index (κ2) is 3.01. The average molecular weight is 258 g/mol. The Balaban J connectivity index is 2.54. The second-order valence-electron chi connectivity index (χ2n) is 2.71. The first-order valence-corrected chi connectivity index (χ1v) is 6.48. The molecule has 0 aromatic heterocycles. The van der Waals surface area contributed by atoms with Crippen molar-refractivity contribution in [1.29, 1.82) is 0 Å². The molecule has 0 radical (unpaired) electrons. The molecule has 1 heterocycles. The molecule has 1 heteroatoms. The average Bonchev–Trinajstić information content (AvgIpc) is 2.06. The Hall–Kier alpha value is -0.250. The minimum absolute atomic E-state index is 0.117. The summed E-state index contributed by atoms with van der Waals surface area (Å²) in [6.07, 6.45) is 2.28. The van der Waals surface area contributed by atoms with Crippen molar-refractivity contribution in [3.63, 3.8) is 0 Å². The first kappa shape index (κ1) is 7.40. The summed E-state index contributed by atoms with van der Waals surface area (Å²) < 4.78 is 3.22. The molecule has 2 rings (SSSR count). The molecule has 0 spiro atoms. The van der Waals surface area contributed by atoms with Crippen LogP contribution in [0.2, 0.25) is 0 Å². The molecule has 0 nitrogen and oxygen atoms in total. The zero-order valence-electron chi connectivity index (χ0n) is 6.45. The van der Waals surface area contributed by atoms with E-state index in [0.717, 1.165) is 3.97 Å². The van der Waals surface area contributed by atoms with E-state index in [2.05, 4.69) is 41.4 Å². The normalized spacial score (nSPS) is 21.4. The molecule has 1 unspecified atom stereocenters. The first-order chi connectivity index (χ1) is 5.38. The van der Waals surface area contributed by atoms with Crippen LogP contribution in [0.1, 0.15) is 22.0 Å². The molecule has 1 aromatic rings. The summed E-state index contributed by atoms with van der Waals surface area (Å²) >= 11 is 0.117. The van der Waals surface area contributed by atoms with Gasteiger partial charge in [0.05, 0.1) is 0 Å². The van der Waals surface area contributed by atoms with Crippen LogP contribution in [-0.4, -0.2) is 20.9 Å². The van der Waals surface area contributed by atoms with Crippen LogP contribution in [0.15, 0.2) is 28.4 Å². The van der Waals surface area contributed by atoms with Gasteiger partial charge in [-0.2, -0.15) is 0 Å². The molecular weight excluding hydrogens is 248 g/mol. The Morgan fingerprint density at radius 2 is 2.09 bits per heavy atom. The molecule has 0 fully saturated rings. The van der Waals surface area contributed by atoms with Gasteiger partial charge >= 0.3 is 77.4 Å². The van der Waals surface area contributed by atoms with Gasteiger partial charge in [0.25, 0.3) is 0 Å². The molecule has 0 bridgehead atoms. The minimum atomic E-state index is 0.117. The van der Waals surface area contributed by atoms with Crippen LogP contribution in [0.5, 0.6) is 0 Å². The van der Waals surface area contributed by atoms with Gasteiger partial charge in [-0.05, 0) is 0 Å². The second-order valence-corrected chi connectivity index (χ2v) is 6.28. The van der Waals surface area contributed by atoms with Gasteiger partial charge in [0.1, 0.15) is 0 Å². The van der Waals surface area contributed by atoms with E-state index in [1.54, 1.807) is 5.56 Å². The van der Waals surface area contributed by atoms with Crippen molar-refractivity contribution in [2.75, 3.05) is 0 Å². The summed E-state index contributed by atoms with van der Waals surface area (Å²) in [7, 11) is 0. The van der Waals surface area contributed by atoms with Crippen LogP contribution in [0, 0.1) is 0 Å². The topological polar surface area (TPSA) is 0 Å². The van der Waals surface area contributed by atoms with E-state index in [9.17, 15) is 0 Å². The summed E-state index contributed by atoms with van der Waals surface area (Å²) in [5, 5.41) is 0. The molecule has 56 valence electrons. The zero-order chi connectivity index (χ0) is 7.68. The van der Waals surface area contributed by atoms with Crippen molar-refractivity contribution < 1.29 is 0 Å². The van der Waals surface area contributed by atoms with Crippen molar-refractivity contribution in [2.24, 2.45) is 0 Å². The summed E-state index contributed by atoms with van der Waals surface area (Å²) in [6.45, 7) is 2.34. The van der Waals surface area contributed by atoms with Crippen LogP contribution in [0.25, 0.3) is 6.08 Å². The van der Waals surface area contributed by atoms with Crippen LogP contribution < -0.4 is 0 Å². The van der Waals surface area contributed by atoms with E-state index in [0.29, 0.717) is 0 Å². The van der Waals surface area contributed by atoms with E-state index >= 15 is 0 Å². The van der Waals surface area contributed by atoms with E-state index in [1.165, 1.54) is 5.56 Å². The summed E-state index contributed by atoms with van der Waals surface area (Å²) in [6, 6.07) is 8.71. The number of rotatable bonds is 0. The SMILES string of the molecule is CC1[Te]C=Cc2ccccc21. The maximum absolute atomic E-state index is 2.39. The fourth-order valence-corrected chi connectivity index (χ4v) is 3.68. The van der Waals surface area contributed by atoms with Gasteiger partial charge in [-0.25, -0.2) is 0 Å². The number of hydrogen-bond donors (Lipinski definition) is 0. The van der Waals surface area contributed by atoms with Crippen LogP contribution in [-0.2, 0) is 0 Å². The molecular formula is C10H10Te. The number of hydrogen-bond acceptors (Lipinski definition) is 0. The summed E-state index contributed by atoms with van der Waals surface area (Å²) in [5.41, 5.74) is 2.98. The van der Waals surface area contributed by atoms with E-state index in [4.69, 9.17) is 0 Å². The fraction of sp³-hybridized carbons (Fsp3) is 0.200. The van der Waals surface area contributed by atoms with Crippen molar-refractivity contribution in [1.82, 2.24) is 0 Å². The summed E-state index contributed by atoms with van der Waals surface area (Å²) in [4.78, 5) is 0. The van der Waals surface area contributed by atoms with Crippen molar-refractivity contribution in [3.05, 3.63) is 39.5 Å². The van der Waals surface area contributed by atoms with Gasteiger partial charge in [-0.15, -0.1) is 0 Å². The van der Waals surface area contributed by atoms with Gasteiger partial charge in [0, 0.05) is 0 Å². The van der Waals surface area contributed by atoms with E-state index in [1.807, 2.05) is 0 Å². The third kappa shape index (κ3) is 1.36. The number of benzene rings is 1. The molecule has 1 atom stereocenters. The van der Waals surface area contributed by atoms with Crippen LogP contribution in [0.3, 0.4) is 0 Å². The van der Waals surface area contributed by atoms with E-state index in [-0.39, 0.29) is 20.9 Å². The predicted molar refractivity (Wildman–Crippen MR) is 49.6 cm³/mol. The maximum atomic E-state index is 2.39. The van der Waals surface area contributed by atoms with Crippen molar-refractivity contribution >= 4 is 27.0 Å². The number of fused-ring (bicyclic) bond motifs is 1. The van der Waals surface area contributed by atoms with Crippen molar-refractivity contribution in [3.8, 4) is 0 Å². The molecule has 0 amide bonds. The molecule has 0 N–H and O–H groups in total. The van der Waals surface area contributed by atoms with Gasteiger partial charge < -0.3 is 0 Å². The van der Waals surface area contributed by atoms with Crippen LogP contribution >= 0.6 is 0 Å². The Labute approximate surface area is 77.4 Å². The summed E-state index contributed by atoms with van der Waals surface area (Å²) in [5.74, 6) is 0. The predicted octanol–water partition coefficient (Wildman–Crippen LogP) is 2.44. The Morgan fingerprint density at radius 3 is 2.91 bits per heavy atom.